The van der Waals surface area contributed by atoms with Gasteiger partial charge in [-0.3, -0.25) is 18.9 Å². The smallest absolute Gasteiger partial charge is 0.267 e. The Hall–Kier alpha value is -3.28. The first-order valence-corrected chi connectivity index (χ1v) is 14.3. The molecule has 8 nitrogen and oxygen atoms in total. The van der Waals surface area contributed by atoms with Gasteiger partial charge in [0.25, 0.3) is 11.5 Å². The van der Waals surface area contributed by atoms with E-state index in [4.69, 9.17) is 21.9 Å². The summed E-state index contributed by atoms with van der Waals surface area (Å²) in [5.41, 5.74) is 2.09. The maximum Gasteiger partial charge on any atom is 0.267 e. The van der Waals surface area contributed by atoms with Crippen molar-refractivity contribution in [1.29, 1.82) is 0 Å². The molecule has 202 valence electrons. The Bertz CT molecular complexity index is 1540. The van der Waals surface area contributed by atoms with E-state index in [0.29, 0.717) is 71.3 Å². The van der Waals surface area contributed by atoms with Gasteiger partial charge in [-0.2, -0.15) is 0 Å². The Kier molecular flexibility index (Phi) is 7.13. The van der Waals surface area contributed by atoms with Gasteiger partial charge in [0.2, 0.25) is 0 Å². The number of amides is 1. The summed E-state index contributed by atoms with van der Waals surface area (Å²) in [4.78, 5) is 38.1. The van der Waals surface area contributed by atoms with Crippen molar-refractivity contribution in [2.45, 2.75) is 25.9 Å². The number of anilines is 2. The highest BCUT2D eigenvalue weighted by atomic mass is 32.2. The maximum atomic E-state index is 14.4. The van der Waals surface area contributed by atoms with Gasteiger partial charge in [0.05, 0.1) is 28.8 Å². The largest absolute Gasteiger partial charge is 0.376 e. The molecule has 0 radical (unpaired) electrons. The molecule has 1 unspecified atom stereocenters. The highest BCUT2D eigenvalue weighted by molar-refractivity contribution is 8.26. The molecule has 39 heavy (non-hydrogen) atoms. The molecule has 1 aromatic carbocycles. The number of thioether (sulfide) groups is 1. The maximum absolute atomic E-state index is 14.4. The second-order valence-corrected chi connectivity index (χ2v) is 11.6. The Morgan fingerprint density at radius 2 is 1.90 bits per heavy atom. The Morgan fingerprint density at radius 1 is 1.13 bits per heavy atom. The molecule has 3 saturated heterocycles. The van der Waals surface area contributed by atoms with Crippen LogP contribution in [-0.2, 0) is 9.53 Å². The lowest BCUT2D eigenvalue weighted by Crippen LogP contribution is -2.47. The number of fused-ring (bicyclic) bond motifs is 1. The van der Waals surface area contributed by atoms with Crippen molar-refractivity contribution < 1.29 is 13.9 Å². The lowest BCUT2D eigenvalue weighted by molar-refractivity contribution is -0.123. The van der Waals surface area contributed by atoms with Gasteiger partial charge in [-0.05, 0) is 49.6 Å². The number of aromatic nitrogens is 2. The monoisotopic (exact) mass is 565 g/mol. The van der Waals surface area contributed by atoms with Crippen molar-refractivity contribution in [3.05, 3.63) is 74.8 Å². The molecule has 6 rings (SSSR count). The molecule has 0 N–H and O–H groups in total. The zero-order valence-corrected chi connectivity index (χ0v) is 23.1. The third kappa shape index (κ3) is 4.94. The summed E-state index contributed by atoms with van der Waals surface area (Å²) in [6.07, 6.45) is 5.18. The second kappa shape index (κ2) is 10.7. The molecule has 3 aromatic rings. The Labute approximate surface area is 235 Å². The molecule has 0 saturated carbocycles. The Morgan fingerprint density at radius 3 is 2.64 bits per heavy atom. The predicted octanol–water partition coefficient (Wildman–Crippen LogP) is 3.85. The summed E-state index contributed by atoms with van der Waals surface area (Å²) < 4.78 is 22.1. The van der Waals surface area contributed by atoms with Crippen molar-refractivity contribution in [2.24, 2.45) is 0 Å². The number of halogens is 1. The lowest BCUT2D eigenvalue weighted by atomic mass is 10.2. The SMILES string of the molecule is Cc1cccn2c(=O)c(/C=C3/SC(=S)N(CC4CCCO4)C3=O)c(N3CCN(c4ccccc4F)CC3)nc12. The average molecular weight is 566 g/mol. The van der Waals surface area contributed by atoms with Gasteiger partial charge < -0.3 is 14.5 Å². The van der Waals surface area contributed by atoms with Crippen LogP contribution in [0, 0.1) is 12.7 Å². The first-order valence-electron chi connectivity index (χ1n) is 13.0. The molecule has 1 amide bonds. The first-order chi connectivity index (χ1) is 18.9. The number of ether oxygens (including phenoxy) is 1. The number of pyridine rings is 1. The molecule has 2 aromatic heterocycles. The number of piperazine rings is 1. The summed E-state index contributed by atoms with van der Waals surface area (Å²) >= 11 is 6.73. The Balaban J connectivity index is 1.35. The van der Waals surface area contributed by atoms with E-state index in [9.17, 15) is 14.0 Å². The number of nitrogens with zero attached hydrogens (tertiary/aromatic N) is 5. The number of rotatable bonds is 5. The summed E-state index contributed by atoms with van der Waals surface area (Å²) in [6, 6.07) is 10.5. The minimum absolute atomic E-state index is 0.0240. The molecular weight excluding hydrogens is 537 g/mol. The zero-order valence-electron chi connectivity index (χ0n) is 21.5. The van der Waals surface area contributed by atoms with E-state index in [1.54, 1.807) is 29.3 Å². The van der Waals surface area contributed by atoms with E-state index < -0.39 is 0 Å². The van der Waals surface area contributed by atoms with Crippen LogP contribution in [0.2, 0.25) is 0 Å². The highest BCUT2D eigenvalue weighted by Crippen LogP contribution is 2.35. The van der Waals surface area contributed by atoms with Gasteiger partial charge in [0.15, 0.2) is 0 Å². The van der Waals surface area contributed by atoms with Gasteiger partial charge in [-0.15, -0.1) is 0 Å². The third-order valence-electron chi connectivity index (χ3n) is 7.40. The van der Waals surface area contributed by atoms with Crippen molar-refractivity contribution in [2.75, 3.05) is 49.1 Å². The molecule has 3 fully saturated rings. The van der Waals surface area contributed by atoms with Crippen LogP contribution in [0.4, 0.5) is 15.9 Å². The van der Waals surface area contributed by atoms with E-state index in [1.807, 2.05) is 34.9 Å². The molecule has 5 heterocycles. The lowest BCUT2D eigenvalue weighted by Gasteiger charge is -2.37. The fourth-order valence-electron chi connectivity index (χ4n) is 5.32. The molecule has 0 aliphatic carbocycles. The normalized spacial score (nSPS) is 21.1. The van der Waals surface area contributed by atoms with E-state index in [0.717, 1.165) is 18.4 Å². The average Bonchev–Trinajstić information content (AvgIpc) is 3.55. The number of carbonyl (C=O) groups is 1. The quantitative estimate of drug-likeness (QED) is 0.342. The van der Waals surface area contributed by atoms with Crippen LogP contribution in [-0.4, -0.2) is 69.9 Å². The highest BCUT2D eigenvalue weighted by Gasteiger charge is 2.35. The van der Waals surface area contributed by atoms with Gasteiger partial charge in [-0.25, -0.2) is 9.37 Å². The minimum Gasteiger partial charge on any atom is -0.376 e. The van der Waals surface area contributed by atoms with E-state index >= 15 is 0 Å². The van der Waals surface area contributed by atoms with Gasteiger partial charge in [0.1, 0.15) is 21.6 Å². The molecular formula is C28H28FN5O3S2. The molecule has 3 aliphatic rings. The van der Waals surface area contributed by atoms with Crippen LogP contribution in [0.1, 0.15) is 24.0 Å². The van der Waals surface area contributed by atoms with Crippen molar-refractivity contribution in [3.63, 3.8) is 0 Å². The number of hydrogen-bond donors (Lipinski definition) is 0. The van der Waals surface area contributed by atoms with Crippen molar-refractivity contribution in [1.82, 2.24) is 14.3 Å². The summed E-state index contributed by atoms with van der Waals surface area (Å²) in [5, 5.41) is 0. The van der Waals surface area contributed by atoms with Crippen LogP contribution in [0.3, 0.4) is 0 Å². The second-order valence-electron chi connectivity index (χ2n) is 9.89. The van der Waals surface area contributed by atoms with E-state index in [-0.39, 0.29) is 23.4 Å². The number of benzene rings is 1. The number of carbonyl (C=O) groups excluding carboxylic acids is 1. The molecule has 3 aliphatic heterocycles. The van der Waals surface area contributed by atoms with Crippen LogP contribution in [0.5, 0.6) is 0 Å². The number of para-hydroxylation sites is 1. The van der Waals surface area contributed by atoms with Crippen molar-refractivity contribution in [3.8, 4) is 0 Å². The third-order valence-corrected chi connectivity index (χ3v) is 8.77. The standard InChI is InChI=1S/C28H28FN5O3S2/c1-18-6-4-10-33-24(18)30-25(32-13-11-31(12-14-32)22-9-3-2-8-21(22)29)20(26(33)35)16-23-27(36)34(28(38)39-23)17-19-7-5-15-37-19/h2-4,6,8-10,16,19H,5,7,11-15,17H2,1H3/b23-16+. The molecule has 0 spiro atoms. The van der Waals surface area contributed by atoms with Crippen LogP contribution in [0.15, 0.2) is 52.3 Å². The molecule has 1 atom stereocenters. The van der Waals surface area contributed by atoms with Crippen molar-refractivity contribution >= 4 is 57.4 Å². The van der Waals surface area contributed by atoms with Gasteiger partial charge >= 0.3 is 0 Å². The van der Waals surface area contributed by atoms with Crippen LogP contribution < -0.4 is 15.4 Å². The fourth-order valence-corrected chi connectivity index (χ4v) is 6.57. The number of thiocarbonyl (C=S) groups is 1. The zero-order chi connectivity index (χ0) is 27.1. The predicted molar refractivity (Wildman–Crippen MR) is 156 cm³/mol. The van der Waals surface area contributed by atoms with E-state index in [2.05, 4.69) is 0 Å². The molecule has 11 heteroatoms. The summed E-state index contributed by atoms with van der Waals surface area (Å²) in [6.45, 7) is 5.26. The van der Waals surface area contributed by atoms with Gasteiger partial charge in [-0.1, -0.05) is 42.2 Å². The van der Waals surface area contributed by atoms with Crippen LogP contribution in [0.25, 0.3) is 11.7 Å². The number of aryl methyl sites for hydroxylation is 1. The van der Waals surface area contributed by atoms with Gasteiger partial charge in [0, 0.05) is 39.0 Å². The fraction of sp³-hybridized carbons (Fsp3) is 0.357. The van der Waals surface area contributed by atoms with Crippen LogP contribution >= 0.6 is 24.0 Å². The summed E-state index contributed by atoms with van der Waals surface area (Å²) in [7, 11) is 0. The summed E-state index contributed by atoms with van der Waals surface area (Å²) in [5.74, 6) is 0.0470. The number of hydrogen-bond acceptors (Lipinski definition) is 8. The first kappa shape index (κ1) is 26.0. The molecule has 0 bridgehead atoms. The minimum atomic E-state index is -0.255. The van der Waals surface area contributed by atoms with E-state index in [1.165, 1.54) is 22.2 Å². The topological polar surface area (TPSA) is 70.4 Å².